The molecule has 2 atom stereocenters. The molecule has 0 aromatic heterocycles. The van der Waals surface area contributed by atoms with E-state index in [1.807, 2.05) is 0 Å². The zero-order chi connectivity index (χ0) is 8.27. The molecule has 0 amide bonds. The van der Waals surface area contributed by atoms with E-state index in [4.69, 9.17) is 4.74 Å². The topological polar surface area (TPSA) is 47.6 Å². The maximum Gasteiger partial charge on any atom is 0.322 e. The van der Waals surface area contributed by atoms with Crippen molar-refractivity contribution in [2.45, 2.75) is 18.6 Å². The van der Waals surface area contributed by atoms with Crippen LogP contribution >= 0.6 is 12.4 Å². The number of methoxy groups -OCH3 is 2. The number of halogens is 1. The first-order valence-corrected chi connectivity index (χ1v) is 3.62. The molecular weight excluding hydrogens is 182 g/mol. The standard InChI is InChI=1S/C7H13NO3.ClH/c1-10-5-3-6(8-4-5)7(9)11-2;/h5-6,8H,3-4H2,1-2H3;1H/t5-,6+;/m1./s1. The first-order chi connectivity index (χ1) is 5.27. The molecule has 1 N–H and O–H groups in total. The lowest BCUT2D eigenvalue weighted by molar-refractivity contribution is -0.142. The first-order valence-electron chi connectivity index (χ1n) is 3.62. The number of carbonyl (C=O) groups excluding carboxylic acids is 1. The van der Waals surface area contributed by atoms with Gasteiger partial charge in [-0.15, -0.1) is 12.4 Å². The van der Waals surface area contributed by atoms with Crippen LogP contribution in [0.2, 0.25) is 0 Å². The molecule has 0 aliphatic carbocycles. The molecule has 0 bridgehead atoms. The van der Waals surface area contributed by atoms with Crippen LogP contribution < -0.4 is 5.32 Å². The Labute approximate surface area is 78.0 Å². The minimum atomic E-state index is -0.204. The second-order valence-electron chi connectivity index (χ2n) is 2.58. The third kappa shape index (κ3) is 2.62. The van der Waals surface area contributed by atoms with Crippen LogP contribution in [0.5, 0.6) is 0 Å². The van der Waals surface area contributed by atoms with Gasteiger partial charge in [-0.25, -0.2) is 0 Å². The molecule has 0 saturated carbocycles. The van der Waals surface area contributed by atoms with Gasteiger partial charge in [-0.3, -0.25) is 4.79 Å². The van der Waals surface area contributed by atoms with E-state index in [0.29, 0.717) is 6.42 Å². The highest BCUT2D eigenvalue weighted by molar-refractivity contribution is 5.85. The van der Waals surface area contributed by atoms with Gasteiger partial charge in [0.25, 0.3) is 0 Å². The van der Waals surface area contributed by atoms with Crippen LogP contribution in [-0.4, -0.2) is 38.9 Å². The number of ether oxygens (including phenoxy) is 2. The second kappa shape index (κ2) is 5.35. The Kier molecular flexibility index (Phi) is 5.20. The molecule has 0 aromatic rings. The summed E-state index contributed by atoms with van der Waals surface area (Å²) in [7, 11) is 3.04. The van der Waals surface area contributed by atoms with Gasteiger partial charge in [0, 0.05) is 20.1 Å². The largest absolute Gasteiger partial charge is 0.468 e. The van der Waals surface area contributed by atoms with Crippen molar-refractivity contribution in [2.24, 2.45) is 0 Å². The summed E-state index contributed by atoms with van der Waals surface area (Å²) in [6, 6.07) is -0.176. The molecule has 1 fully saturated rings. The summed E-state index contributed by atoms with van der Waals surface area (Å²) in [5.41, 5.74) is 0. The predicted octanol–water partition coefficient (Wildman–Crippen LogP) is -0.0419. The van der Waals surface area contributed by atoms with Crippen molar-refractivity contribution in [1.82, 2.24) is 5.32 Å². The van der Waals surface area contributed by atoms with Crippen molar-refractivity contribution in [3.63, 3.8) is 0 Å². The molecule has 0 spiro atoms. The molecular formula is C7H14ClNO3. The summed E-state index contributed by atoms with van der Waals surface area (Å²) in [5, 5.41) is 3.01. The molecule has 4 nitrogen and oxygen atoms in total. The van der Waals surface area contributed by atoms with E-state index >= 15 is 0 Å². The van der Waals surface area contributed by atoms with Gasteiger partial charge in [-0.2, -0.15) is 0 Å². The minimum absolute atomic E-state index is 0. The third-order valence-corrected chi connectivity index (χ3v) is 1.91. The average Bonchev–Trinajstić information content (AvgIpc) is 2.50. The third-order valence-electron chi connectivity index (χ3n) is 1.91. The SMILES string of the molecule is COC(=O)[C@@H]1C[C@@H](OC)CN1.Cl. The first kappa shape index (κ1) is 11.7. The lowest BCUT2D eigenvalue weighted by Gasteiger charge is -2.06. The van der Waals surface area contributed by atoms with Crippen LogP contribution in [0.3, 0.4) is 0 Å². The van der Waals surface area contributed by atoms with E-state index in [-0.39, 0.29) is 30.5 Å². The smallest absolute Gasteiger partial charge is 0.322 e. The molecule has 0 radical (unpaired) electrons. The van der Waals surface area contributed by atoms with Crippen LogP contribution in [0.15, 0.2) is 0 Å². The highest BCUT2D eigenvalue weighted by atomic mass is 35.5. The lowest BCUT2D eigenvalue weighted by atomic mass is 10.2. The molecule has 0 unspecified atom stereocenters. The van der Waals surface area contributed by atoms with Crippen molar-refractivity contribution in [3.05, 3.63) is 0 Å². The number of rotatable bonds is 2. The summed E-state index contributed by atoms with van der Waals surface area (Å²) in [4.78, 5) is 10.9. The van der Waals surface area contributed by atoms with Gasteiger partial charge in [0.15, 0.2) is 0 Å². The predicted molar refractivity (Wildman–Crippen MR) is 46.5 cm³/mol. The van der Waals surface area contributed by atoms with Gasteiger partial charge in [0.1, 0.15) is 6.04 Å². The summed E-state index contributed by atoms with van der Waals surface area (Å²) < 4.78 is 9.64. The number of hydrogen-bond acceptors (Lipinski definition) is 4. The highest BCUT2D eigenvalue weighted by Crippen LogP contribution is 2.09. The van der Waals surface area contributed by atoms with Crippen LogP contribution in [0.1, 0.15) is 6.42 Å². The Morgan fingerprint density at radius 2 is 2.17 bits per heavy atom. The molecule has 5 heteroatoms. The monoisotopic (exact) mass is 195 g/mol. The fraction of sp³-hybridized carbons (Fsp3) is 0.857. The van der Waals surface area contributed by atoms with E-state index < -0.39 is 0 Å². The fourth-order valence-electron chi connectivity index (χ4n) is 1.20. The Bertz CT molecular complexity index is 154. The van der Waals surface area contributed by atoms with Crippen molar-refractivity contribution < 1.29 is 14.3 Å². The van der Waals surface area contributed by atoms with E-state index in [1.165, 1.54) is 7.11 Å². The summed E-state index contributed by atoms with van der Waals surface area (Å²) in [6.45, 7) is 0.732. The Balaban J connectivity index is 0.00000121. The van der Waals surface area contributed by atoms with Crippen LogP contribution in [0.4, 0.5) is 0 Å². The molecule has 0 aromatic carbocycles. The minimum Gasteiger partial charge on any atom is -0.468 e. The Hall–Kier alpha value is -0.320. The highest BCUT2D eigenvalue weighted by Gasteiger charge is 2.29. The lowest BCUT2D eigenvalue weighted by Crippen LogP contribution is -2.31. The zero-order valence-electron chi connectivity index (χ0n) is 7.20. The number of esters is 1. The van der Waals surface area contributed by atoms with Gasteiger partial charge < -0.3 is 14.8 Å². The van der Waals surface area contributed by atoms with Gasteiger partial charge >= 0.3 is 5.97 Å². The molecule has 1 aliphatic rings. The van der Waals surface area contributed by atoms with Crippen molar-refractivity contribution >= 4 is 18.4 Å². The Morgan fingerprint density at radius 1 is 1.50 bits per heavy atom. The number of nitrogens with one attached hydrogen (secondary N) is 1. The quantitative estimate of drug-likeness (QED) is 0.629. The van der Waals surface area contributed by atoms with Crippen molar-refractivity contribution in [2.75, 3.05) is 20.8 Å². The molecule has 1 heterocycles. The van der Waals surface area contributed by atoms with E-state index in [2.05, 4.69) is 10.1 Å². The number of hydrogen-bond donors (Lipinski definition) is 1. The summed E-state index contributed by atoms with van der Waals surface area (Å²) in [6.07, 6.45) is 0.863. The maximum atomic E-state index is 10.9. The molecule has 1 aliphatic heterocycles. The molecule has 72 valence electrons. The van der Waals surface area contributed by atoms with Gasteiger partial charge in [-0.1, -0.05) is 0 Å². The van der Waals surface area contributed by atoms with E-state index in [9.17, 15) is 4.79 Å². The van der Waals surface area contributed by atoms with Gasteiger partial charge in [-0.05, 0) is 0 Å². The van der Waals surface area contributed by atoms with E-state index in [0.717, 1.165) is 6.54 Å². The molecule has 1 rings (SSSR count). The van der Waals surface area contributed by atoms with E-state index in [1.54, 1.807) is 7.11 Å². The summed E-state index contributed by atoms with van der Waals surface area (Å²) >= 11 is 0. The number of carbonyl (C=O) groups is 1. The van der Waals surface area contributed by atoms with Crippen LogP contribution in [0.25, 0.3) is 0 Å². The van der Waals surface area contributed by atoms with Gasteiger partial charge in [0.2, 0.25) is 0 Å². The van der Waals surface area contributed by atoms with Crippen molar-refractivity contribution in [1.29, 1.82) is 0 Å². The second-order valence-corrected chi connectivity index (χ2v) is 2.58. The molecule has 1 saturated heterocycles. The van der Waals surface area contributed by atoms with Crippen molar-refractivity contribution in [3.8, 4) is 0 Å². The zero-order valence-corrected chi connectivity index (χ0v) is 8.02. The maximum absolute atomic E-state index is 10.9. The van der Waals surface area contributed by atoms with Crippen LogP contribution in [-0.2, 0) is 14.3 Å². The Morgan fingerprint density at radius 3 is 2.58 bits per heavy atom. The fourth-order valence-corrected chi connectivity index (χ4v) is 1.20. The normalized spacial score (nSPS) is 27.8. The summed E-state index contributed by atoms with van der Waals surface area (Å²) in [5.74, 6) is -0.204. The van der Waals surface area contributed by atoms with Crippen LogP contribution in [0, 0.1) is 0 Å². The van der Waals surface area contributed by atoms with Gasteiger partial charge in [0.05, 0.1) is 13.2 Å². The average molecular weight is 196 g/mol. The molecule has 12 heavy (non-hydrogen) atoms.